The van der Waals surface area contributed by atoms with Crippen LogP contribution < -0.4 is 5.32 Å². The lowest BCUT2D eigenvalue weighted by atomic mass is 10.0. The van der Waals surface area contributed by atoms with Crippen LogP contribution in [-0.4, -0.2) is 48.3 Å². The molecule has 3 heteroatoms. The molecule has 0 aliphatic carbocycles. The standard InChI is InChI=1S/C14H28N2O/c1-5-12-8-15-11(2)9-16(12)10-13-6-7-14(3,4)17-13/h11-13,15H,5-10H2,1-4H3. The van der Waals surface area contributed by atoms with E-state index in [0.717, 1.165) is 13.1 Å². The molecule has 0 amide bonds. The number of hydrogen-bond acceptors (Lipinski definition) is 3. The van der Waals surface area contributed by atoms with Gasteiger partial charge >= 0.3 is 0 Å². The van der Waals surface area contributed by atoms with Crippen molar-refractivity contribution in [3.05, 3.63) is 0 Å². The normalized spacial score (nSPS) is 38.5. The molecule has 1 N–H and O–H groups in total. The Hall–Kier alpha value is -0.120. The SMILES string of the molecule is CCC1CNC(C)CN1CC1CCC(C)(C)O1. The smallest absolute Gasteiger partial charge is 0.0710 e. The van der Waals surface area contributed by atoms with E-state index in [2.05, 4.69) is 37.9 Å². The summed E-state index contributed by atoms with van der Waals surface area (Å²) in [6, 6.07) is 1.31. The fourth-order valence-electron chi connectivity index (χ4n) is 3.13. The Morgan fingerprint density at radius 2 is 2.18 bits per heavy atom. The van der Waals surface area contributed by atoms with Crippen molar-refractivity contribution >= 4 is 0 Å². The summed E-state index contributed by atoms with van der Waals surface area (Å²) in [6.45, 7) is 12.4. The first kappa shape index (κ1) is 13.3. The lowest BCUT2D eigenvalue weighted by molar-refractivity contribution is -0.0382. The molecule has 3 nitrogen and oxygen atoms in total. The lowest BCUT2D eigenvalue weighted by Crippen LogP contribution is -2.56. The molecule has 3 unspecified atom stereocenters. The Morgan fingerprint density at radius 3 is 2.76 bits per heavy atom. The number of piperazine rings is 1. The molecule has 2 saturated heterocycles. The average Bonchev–Trinajstić information content (AvgIpc) is 2.58. The van der Waals surface area contributed by atoms with Crippen LogP contribution >= 0.6 is 0 Å². The first-order chi connectivity index (χ1) is 8.00. The molecule has 2 fully saturated rings. The molecular formula is C14H28N2O. The van der Waals surface area contributed by atoms with E-state index in [0.29, 0.717) is 18.2 Å². The fourth-order valence-corrected chi connectivity index (χ4v) is 3.13. The molecule has 0 radical (unpaired) electrons. The molecule has 17 heavy (non-hydrogen) atoms. The second kappa shape index (κ2) is 5.25. The molecular weight excluding hydrogens is 212 g/mol. The molecule has 2 aliphatic rings. The van der Waals surface area contributed by atoms with Gasteiger partial charge in [-0.25, -0.2) is 0 Å². The van der Waals surface area contributed by atoms with Gasteiger partial charge in [0, 0.05) is 31.7 Å². The van der Waals surface area contributed by atoms with Gasteiger partial charge in [-0.1, -0.05) is 6.92 Å². The number of nitrogens with one attached hydrogen (secondary N) is 1. The number of hydrogen-bond donors (Lipinski definition) is 1. The van der Waals surface area contributed by atoms with Crippen LogP contribution in [0.5, 0.6) is 0 Å². The van der Waals surface area contributed by atoms with E-state index in [1.807, 2.05) is 0 Å². The average molecular weight is 240 g/mol. The van der Waals surface area contributed by atoms with Crippen LogP contribution in [0.25, 0.3) is 0 Å². The highest BCUT2D eigenvalue weighted by Crippen LogP contribution is 2.30. The summed E-state index contributed by atoms with van der Waals surface area (Å²) in [4.78, 5) is 2.63. The summed E-state index contributed by atoms with van der Waals surface area (Å²) >= 11 is 0. The van der Waals surface area contributed by atoms with Crippen molar-refractivity contribution in [1.29, 1.82) is 0 Å². The van der Waals surface area contributed by atoms with E-state index < -0.39 is 0 Å². The summed E-state index contributed by atoms with van der Waals surface area (Å²) in [7, 11) is 0. The van der Waals surface area contributed by atoms with Crippen molar-refractivity contribution in [2.24, 2.45) is 0 Å². The van der Waals surface area contributed by atoms with Crippen LogP contribution in [0.1, 0.15) is 47.0 Å². The van der Waals surface area contributed by atoms with Gasteiger partial charge in [0.1, 0.15) is 0 Å². The van der Waals surface area contributed by atoms with E-state index in [9.17, 15) is 0 Å². The van der Waals surface area contributed by atoms with Crippen molar-refractivity contribution in [2.45, 2.75) is 70.7 Å². The monoisotopic (exact) mass is 240 g/mol. The minimum Gasteiger partial charge on any atom is -0.371 e. The van der Waals surface area contributed by atoms with Crippen LogP contribution in [0.4, 0.5) is 0 Å². The third kappa shape index (κ3) is 3.43. The Labute approximate surface area is 106 Å². The van der Waals surface area contributed by atoms with Crippen molar-refractivity contribution < 1.29 is 4.74 Å². The highest BCUT2D eigenvalue weighted by Gasteiger charge is 2.34. The zero-order chi connectivity index (χ0) is 12.5. The summed E-state index contributed by atoms with van der Waals surface area (Å²) in [6.07, 6.45) is 4.11. The van der Waals surface area contributed by atoms with Gasteiger partial charge in [0.15, 0.2) is 0 Å². The molecule has 0 spiro atoms. The minimum absolute atomic E-state index is 0.103. The van der Waals surface area contributed by atoms with Crippen LogP contribution in [0.15, 0.2) is 0 Å². The third-order valence-corrected chi connectivity index (χ3v) is 4.19. The quantitative estimate of drug-likeness (QED) is 0.817. The van der Waals surface area contributed by atoms with Gasteiger partial charge < -0.3 is 10.1 Å². The number of ether oxygens (including phenoxy) is 1. The van der Waals surface area contributed by atoms with Crippen molar-refractivity contribution in [3.8, 4) is 0 Å². The Balaban J connectivity index is 1.88. The third-order valence-electron chi connectivity index (χ3n) is 4.19. The zero-order valence-corrected chi connectivity index (χ0v) is 11.8. The molecule has 2 aliphatic heterocycles. The maximum Gasteiger partial charge on any atom is 0.0710 e. The van der Waals surface area contributed by atoms with Gasteiger partial charge in [0.25, 0.3) is 0 Å². The molecule has 2 heterocycles. The van der Waals surface area contributed by atoms with Gasteiger partial charge in [-0.2, -0.15) is 0 Å². The second-order valence-electron chi connectivity index (χ2n) is 6.36. The van der Waals surface area contributed by atoms with Crippen molar-refractivity contribution in [2.75, 3.05) is 19.6 Å². The topological polar surface area (TPSA) is 24.5 Å². The predicted octanol–water partition coefficient (Wildman–Crippen LogP) is 2.02. The van der Waals surface area contributed by atoms with Gasteiger partial charge in [0.2, 0.25) is 0 Å². The summed E-state index contributed by atoms with van der Waals surface area (Å²) < 4.78 is 6.12. The first-order valence-electron chi connectivity index (χ1n) is 7.15. The Bertz CT molecular complexity index is 255. The molecule has 0 aromatic carbocycles. The van der Waals surface area contributed by atoms with E-state index in [-0.39, 0.29) is 5.60 Å². The maximum atomic E-state index is 6.12. The molecule has 3 atom stereocenters. The van der Waals surface area contributed by atoms with Crippen LogP contribution in [0, 0.1) is 0 Å². The minimum atomic E-state index is 0.103. The maximum absolute atomic E-state index is 6.12. The zero-order valence-electron chi connectivity index (χ0n) is 11.8. The Kier molecular flexibility index (Phi) is 4.11. The Morgan fingerprint density at radius 1 is 1.41 bits per heavy atom. The number of rotatable bonds is 3. The second-order valence-corrected chi connectivity index (χ2v) is 6.36. The molecule has 0 saturated carbocycles. The summed E-state index contributed by atoms with van der Waals surface area (Å²) in [5, 5.41) is 3.57. The van der Waals surface area contributed by atoms with E-state index in [1.165, 1.54) is 25.8 Å². The largest absolute Gasteiger partial charge is 0.371 e. The van der Waals surface area contributed by atoms with Gasteiger partial charge in [-0.15, -0.1) is 0 Å². The van der Waals surface area contributed by atoms with E-state index >= 15 is 0 Å². The van der Waals surface area contributed by atoms with E-state index in [1.54, 1.807) is 0 Å². The molecule has 0 bridgehead atoms. The highest BCUT2D eigenvalue weighted by atomic mass is 16.5. The molecule has 0 aromatic heterocycles. The fraction of sp³-hybridized carbons (Fsp3) is 1.00. The molecule has 100 valence electrons. The van der Waals surface area contributed by atoms with Gasteiger partial charge in [-0.05, 0) is 40.0 Å². The lowest BCUT2D eigenvalue weighted by Gasteiger charge is -2.40. The van der Waals surface area contributed by atoms with Crippen molar-refractivity contribution in [3.63, 3.8) is 0 Å². The highest BCUT2D eigenvalue weighted by molar-refractivity contribution is 4.88. The predicted molar refractivity (Wildman–Crippen MR) is 71.3 cm³/mol. The van der Waals surface area contributed by atoms with Crippen LogP contribution in [0.2, 0.25) is 0 Å². The van der Waals surface area contributed by atoms with Gasteiger partial charge in [-0.3, -0.25) is 4.90 Å². The van der Waals surface area contributed by atoms with Gasteiger partial charge in [0.05, 0.1) is 11.7 Å². The van der Waals surface area contributed by atoms with E-state index in [4.69, 9.17) is 4.74 Å². The van der Waals surface area contributed by atoms with Crippen molar-refractivity contribution in [1.82, 2.24) is 10.2 Å². The summed E-state index contributed by atoms with van der Waals surface area (Å²) in [5.41, 5.74) is 0.103. The van der Waals surface area contributed by atoms with Crippen LogP contribution in [0.3, 0.4) is 0 Å². The summed E-state index contributed by atoms with van der Waals surface area (Å²) in [5.74, 6) is 0. The number of nitrogens with zero attached hydrogens (tertiary/aromatic N) is 1. The molecule has 2 rings (SSSR count). The first-order valence-corrected chi connectivity index (χ1v) is 7.15. The van der Waals surface area contributed by atoms with Crippen LogP contribution in [-0.2, 0) is 4.74 Å². The molecule has 0 aromatic rings.